The van der Waals surface area contributed by atoms with Gasteiger partial charge in [0, 0.05) is 5.54 Å². The van der Waals surface area contributed by atoms with Gasteiger partial charge in [0.15, 0.2) is 0 Å². The Labute approximate surface area is 303 Å². The zero-order valence-corrected chi connectivity index (χ0v) is 32.1. The molecule has 1 aromatic rings. The molecule has 0 aliphatic heterocycles. The first kappa shape index (κ1) is 35.1. The third kappa shape index (κ3) is 5.45. The minimum atomic E-state index is -0.380. The quantitative estimate of drug-likeness (QED) is 0.268. The maximum Gasteiger partial charge on any atom is 0.309 e. The number of hydrogen-bond acceptors (Lipinski definition) is 4. The topological polar surface area (TPSA) is 58.6 Å². The average Bonchev–Trinajstić information content (AvgIpc) is 3.51. The van der Waals surface area contributed by atoms with E-state index in [0.29, 0.717) is 34.3 Å². The molecule has 0 radical (unpaired) electrons. The lowest BCUT2D eigenvalue weighted by molar-refractivity contribution is -0.218. The molecule has 1 aromatic carbocycles. The Hall–Kier alpha value is -1.91. The van der Waals surface area contributed by atoms with Crippen LogP contribution in [0.4, 0.5) is 0 Å². The number of allylic oxidation sites excluding steroid dienone is 4. The Morgan fingerprint density at radius 2 is 1.62 bits per heavy atom. The maximum absolute atomic E-state index is 13.0. The SMILES string of the molecule is CC1(C)C(C2=CC[C@H](C(=O)OCc3ccccc3)CC2)=CC[C@@]2(C)C1CC[C@]1(C)C2CC[C@@H]2[C@H]3CCC[C@]3(NCCC3(O)CCC3)CC[C@]21C. The summed E-state index contributed by atoms with van der Waals surface area (Å²) in [4.78, 5) is 13.0. The Kier molecular flexibility index (Phi) is 8.86. The molecule has 8 rings (SSSR count). The molecule has 50 heavy (non-hydrogen) atoms. The Morgan fingerprint density at radius 3 is 2.34 bits per heavy atom. The highest BCUT2D eigenvalue weighted by Gasteiger charge is 2.69. The van der Waals surface area contributed by atoms with E-state index in [1.54, 1.807) is 5.57 Å². The number of hydrogen-bond donors (Lipinski definition) is 2. The van der Waals surface area contributed by atoms with Crippen molar-refractivity contribution in [1.82, 2.24) is 5.32 Å². The summed E-state index contributed by atoms with van der Waals surface area (Å²) in [5, 5.41) is 15.0. The van der Waals surface area contributed by atoms with Crippen molar-refractivity contribution < 1.29 is 14.6 Å². The summed E-state index contributed by atoms with van der Waals surface area (Å²) < 4.78 is 5.75. The first-order chi connectivity index (χ1) is 23.8. The van der Waals surface area contributed by atoms with Crippen LogP contribution in [0.3, 0.4) is 0 Å². The van der Waals surface area contributed by atoms with Gasteiger partial charge in [-0.15, -0.1) is 0 Å². The smallest absolute Gasteiger partial charge is 0.309 e. The molecule has 0 amide bonds. The molecule has 4 nitrogen and oxygen atoms in total. The number of aliphatic hydroxyl groups is 1. The van der Waals surface area contributed by atoms with Gasteiger partial charge in [0.1, 0.15) is 6.61 Å². The molecule has 2 N–H and O–H groups in total. The van der Waals surface area contributed by atoms with Crippen LogP contribution in [0.1, 0.15) is 149 Å². The third-order valence-corrected chi connectivity index (χ3v) is 17.6. The summed E-state index contributed by atoms with van der Waals surface area (Å²) in [7, 11) is 0. The van der Waals surface area contributed by atoms with Crippen molar-refractivity contribution in [3.05, 3.63) is 59.2 Å². The van der Waals surface area contributed by atoms with Gasteiger partial charge >= 0.3 is 5.97 Å². The van der Waals surface area contributed by atoms with Gasteiger partial charge in [0.25, 0.3) is 0 Å². The second-order valence-electron chi connectivity index (χ2n) is 19.9. The monoisotopic (exact) mass is 682 g/mol. The Morgan fingerprint density at radius 1 is 0.820 bits per heavy atom. The second-order valence-corrected chi connectivity index (χ2v) is 19.9. The number of fused-ring (bicyclic) bond motifs is 7. The predicted molar refractivity (Wildman–Crippen MR) is 202 cm³/mol. The molecule has 0 heterocycles. The van der Waals surface area contributed by atoms with E-state index in [0.717, 1.165) is 68.4 Å². The van der Waals surface area contributed by atoms with E-state index in [-0.39, 0.29) is 22.9 Å². The van der Waals surface area contributed by atoms with Crippen molar-refractivity contribution >= 4 is 5.97 Å². The summed E-state index contributed by atoms with van der Waals surface area (Å²) in [5.41, 5.74) is 5.34. The summed E-state index contributed by atoms with van der Waals surface area (Å²) in [6, 6.07) is 10.0. The van der Waals surface area contributed by atoms with E-state index in [9.17, 15) is 9.90 Å². The van der Waals surface area contributed by atoms with E-state index < -0.39 is 0 Å². The predicted octanol–water partition coefficient (Wildman–Crippen LogP) is 10.5. The van der Waals surface area contributed by atoms with Gasteiger partial charge in [0.05, 0.1) is 11.5 Å². The molecular weight excluding hydrogens is 615 g/mol. The number of rotatable bonds is 8. The van der Waals surface area contributed by atoms with Gasteiger partial charge in [-0.3, -0.25) is 4.79 Å². The van der Waals surface area contributed by atoms with Crippen molar-refractivity contribution in [3.8, 4) is 0 Å². The lowest BCUT2D eigenvalue weighted by atomic mass is 9.33. The van der Waals surface area contributed by atoms with Crippen LogP contribution >= 0.6 is 0 Å². The summed E-state index contributed by atoms with van der Waals surface area (Å²) in [5.74, 6) is 3.02. The van der Waals surface area contributed by atoms with E-state index in [2.05, 4.69) is 52.1 Å². The van der Waals surface area contributed by atoms with Crippen molar-refractivity contribution in [2.75, 3.05) is 6.54 Å². The van der Waals surface area contributed by atoms with Crippen LogP contribution in [-0.2, 0) is 16.1 Å². The number of carbonyl (C=O) groups excluding carboxylic acids is 1. The molecule has 5 fully saturated rings. The summed E-state index contributed by atoms with van der Waals surface area (Å²) in [6.45, 7) is 14.7. The lowest BCUT2D eigenvalue weighted by Crippen LogP contribution is -2.67. The van der Waals surface area contributed by atoms with E-state index in [1.807, 2.05) is 30.3 Å². The normalized spacial score (nSPS) is 42.8. The largest absolute Gasteiger partial charge is 0.461 e. The van der Waals surface area contributed by atoms with Crippen LogP contribution in [0.5, 0.6) is 0 Å². The number of carbonyl (C=O) groups is 1. The second kappa shape index (κ2) is 12.6. The fourth-order valence-electron chi connectivity index (χ4n) is 14.5. The molecule has 7 aliphatic carbocycles. The molecule has 0 aromatic heterocycles. The number of ether oxygens (including phenoxy) is 1. The summed E-state index contributed by atoms with van der Waals surface area (Å²) in [6.07, 6.45) is 25.4. The van der Waals surface area contributed by atoms with Crippen molar-refractivity contribution in [3.63, 3.8) is 0 Å². The molecular formula is C46H67NO3. The third-order valence-electron chi connectivity index (χ3n) is 17.6. The van der Waals surface area contributed by atoms with Gasteiger partial charge in [-0.25, -0.2) is 0 Å². The zero-order chi connectivity index (χ0) is 35.0. The van der Waals surface area contributed by atoms with Crippen molar-refractivity contribution in [2.45, 2.75) is 162 Å². The first-order valence-electron chi connectivity index (χ1n) is 20.9. The molecule has 4 heteroatoms. The molecule has 5 saturated carbocycles. The van der Waals surface area contributed by atoms with Gasteiger partial charge in [-0.1, -0.05) is 83.5 Å². The molecule has 2 unspecified atom stereocenters. The molecule has 7 aliphatic rings. The van der Waals surface area contributed by atoms with Crippen LogP contribution in [0.2, 0.25) is 0 Å². The van der Waals surface area contributed by atoms with Crippen LogP contribution in [-0.4, -0.2) is 28.8 Å². The molecule has 9 atom stereocenters. The van der Waals surface area contributed by atoms with E-state index in [1.165, 1.54) is 76.2 Å². The highest BCUT2D eigenvalue weighted by Crippen LogP contribution is 2.76. The van der Waals surface area contributed by atoms with E-state index in [4.69, 9.17) is 4.74 Å². The zero-order valence-electron chi connectivity index (χ0n) is 32.1. The average molecular weight is 682 g/mol. The minimum Gasteiger partial charge on any atom is -0.461 e. The van der Waals surface area contributed by atoms with Crippen molar-refractivity contribution in [2.24, 2.45) is 51.2 Å². The fraction of sp³-hybridized carbons (Fsp3) is 0.761. The maximum atomic E-state index is 13.0. The molecule has 0 spiro atoms. The van der Waals surface area contributed by atoms with Gasteiger partial charge in [-0.2, -0.15) is 0 Å². The van der Waals surface area contributed by atoms with Gasteiger partial charge in [-0.05, 0) is 171 Å². The molecule has 274 valence electrons. The highest BCUT2D eigenvalue weighted by atomic mass is 16.5. The number of benzene rings is 1. The van der Waals surface area contributed by atoms with Gasteiger partial charge in [0.2, 0.25) is 0 Å². The lowest BCUT2D eigenvalue weighted by Gasteiger charge is -2.72. The first-order valence-corrected chi connectivity index (χ1v) is 20.9. The minimum absolute atomic E-state index is 0.0234. The summed E-state index contributed by atoms with van der Waals surface area (Å²) >= 11 is 0. The van der Waals surface area contributed by atoms with Gasteiger partial charge < -0.3 is 15.2 Å². The Balaban J connectivity index is 0.968. The Bertz CT molecular complexity index is 1510. The fourth-order valence-corrected chi connectivity index (χ4v) is 14.5. The van der Waals surface area contributed by atoms with Crippen LogP contribution in [0, 0.1) is 51.2 Å². The van der Waals surface area contributed by atoms with Crippen molar-refractivity contribution in [1.29, 1.82) is 0 Å². The molecule has 0 bridgehead atoms. The molecule has 0 saturated heterocycles. The van der Waals surface area contributed by atoms with E-state index >= 15 is 0 Å². The van der Waals surface area contributed by atoms with Crippen LogP contribution in [0.15, 0.2) is 53.6 Å². The van der Waals surface area contributed by atoms with Crippen LogP contribution in [0.25, 0.3) is 0 Å². The highest BCUT2D eigenvalue weighted by molar-refractivity contribution is 5.73. The number of nitrogens with one attached hydrogen (secondary N) is 1. The number of esters is 1. The van der Waals surface area contributed by atoms with Crippen LogP contribution < -0.4 is 5.32 Å². The standard InChI is InChI=1S/C46H67NO3/c1-41(2)35(33-14-16-34(17-15-33)40(48)50-31-32-11-7-6-8-12-32)20-25-42(3)38(41)21-26-44(5)39(42)19-18-36-37-13-9-24-46(37,28-27-43(36,44)4)47-30-29-45(49)22-10-23-45/h6-8,11-12,14,20,34,36-39,47,49H,9-10,13,15-19,21-31H2,1-5H3/t34-,36+,37+,38?,39?,42-,43+,44+,46-/m0/s1.